The van der Waals surface area contributed by atoms with Gasteiger partial charge in [-0.3, -0.25) is 4.79 Å². The van der Waals surface area contributed by atoms with E-state index in [4.69, 9.17) is 0 Å². The zero-order valence-electron chi connectivity index (χ0n) is 12.5. The van der Waals surface area contributed by atoms with E-state index in [1.165, 1.54) is 0 Å². The maximum atomic E-state index is 12.1. The topological polar surface area (TPSA) is 70.2 Å². The summed E-state index contributed by atoms with van der Waals surface area (Å²) >= 11 is 0. The third-order valence-corrected chi connectivity index (χ3v) is 3.59. The van der Waals surface area contributed by atoms with E-state index in [2.05, 4.69) is 25.5 Å². The Labute approximate surface area is 129 Å². The molecule has 2 aromatic heterocycles. The molecule has 0 aliphatic carbocycles. The summed E-state index contributed by atoms with van der Waals surface area (Å²) in [4.78, 5) is 22.9. The molecule has 0 bridgehead atoms. The molecule has 1 amide bonds. The SMILES string of the molecule is Cc1cccc(C(=O)Nc2ccc(N3CCNCC3)cn2)n1. The maximum absolute atomic E-state index is 12.1. The van der Waals surface area contributed by atoms with Gasteiger partial charge in [0.1, 0.15) is 11.5 Å². The Balaban J connectivity index is 1.66. The molecule has 3 heterocycles. The average Bonchev–Trinajstić information content (AvgIpc) is 2.56. The molecule has 6 heteroatoms. The number of amides is 1. The van der Waals surface area contributed by atoms with E-state index < -0.39 is 0 Å². The van der Waals surface area contributed by atoms with Gasteiger partial charge in [-0.15, -0.1) is 0 Å². The minimum absolute atomic E-state index is 0.244. The van der Waals surface area contributed by atoms with Gasteiger partial charge in [-0.25, -0.2) is 9.97 Å². The highest BCUT2D eigenvalue weighted by Gasteiger charge is 2.12. The Kier molecular flexibility index (Phi) is 4.29. The van der Waals surface area contributed by atoms with E-state index in [9.17, 15) is 4.79 Å². The number of nitrogens with one attached hydrogen (secondary N) is 2. The highest BCUT2D eigenvalue weighted by molar-refractivity contribution is 6.02. The summed E-state index contributed by atoms with van der Waals surface area (Å²) < 4.78 is 0. The van der Waals surface area contributed by atoms with Gasteiger partial charge in [0.2, 0.25) is 0 Å². The van der Waals surface area contributed by atoms with E-state index in [0.29, 0.717) is 11.5 Å². The monoisotopic (exact) mass is 297 g/mol. The van der Waals surface area contributed by atoms with E-state index in [0.717, 1.165) is 37.6 Å². The van der Waals surface area contributed by atoms with Gasteiger partial charge in [0.15, 0.2) is 0 Å². The van der Waals surface area contributed by atoms with Crippen LogP contribution in [0.1, 0.15) is 16.2 Å². The summed E-state index contributed by atoms with van der Waals surface area (Å²) in [5.41, 5.74) is 2.29. The first-order valence-corrected chi connectivity index (χ1v) is 7.39. The van der Waals surface area contributed by atoms with Crippen molar-refractivity contribution >= 4 is 17.4 Å². The Hall–Kier alpha value is -2.47. The Morgan fingerprint density at radius 2 is 2.05 bits per heavy atom. The fraction of sp³-hybridized carbons (Fsp3) is 0.312. The Morgan fingerprint density at radius 1 is 1.23 bits per heavy atom. The van der Waals surface area contributed by atoms with Crippen molar-refractivity contribution in [3.8, 4) is 0 Å². The normalized spacial score (nSPS) is 14.7. The molecule has 0 radical (unpaired) electrons. The molecule has 2 aromatic rings. The minimum Gasteiger partial charge on any atom is -0.368 e. The summed E-state index contributed by atoms with van der Waals surface area (Å²) in [6.07, 6.45) is 1.80. The standard InChI is InChI=1S/C16H19N5O/c1-12-3-2-4-14(19-12)16(22)20-15-6-5-13(11-18-15)21-9-7-17-8-10-21/h2-6,11,17H,7-10H2,1H3,(H,18,20,22). The van der Waals surface area contributed by atoms with Crippen LogP contribution in [0.4, 0.5) is 11.5 Å². The van der Waals surface area contributed by atoms with Crippen molar-refractivity contribution in [2.75, 3.05) is 36.4 Å². The third kappa shape index (κ3) is 3.40. The van der Waals surface area contributed by atoms with E-state index >= 15 is 0 Å². The molecule has 114 valence electrons. The van der Waals surface area contributed by atoms with Crippen LogP contribution in [0.25, 0.3) is 0 Å². The largest absolute Gasteiger partial charge is 0.368 e. The van der Waals surface area contributed by atoms with Crippen LogP contribution in [-0.4, -0.2) is 42.1 Å². The van der Waals surface area contributed by atoms with Crippen molar-refractivity contribution in [3.63, 3.8) is 0 Å². The second kappa shape index (κ2) is 6.53. The molecule has 6 nitrogen and oxygen atoms in total. The average molecular weight is 297 g/mol. The molecule has 2 N–H and O–H groups in total. The first kappa shape index (κ1) is 14.5. The molecule has 0 spiro atoms. The molecule has 0 unspecified atom stereocenters. The van der Waals surface area contributed by atoms with Gasteiger partial charge in [-0.05, 0) is 31.2 Å². The lowest BCUT2D eigenvalue weighted by Crippen LogP contribution is -2.43. The predicted octanol–water partition coefficient (Wildman–Crippen LogP) is 1.45. The van der Waals surface area contributed by atoms with E-state index in [-0.39, 0.29) is 5.91 Å². The van der Waals surface area contributed by atoms with E-state index in [1.807, 2.05) is 31.2 Å². The molecule has 1 fully saturated rings. The lowest BCUT2D eigenvalue weighted by molar-refractivity contribution is 0.102. The molecule has 1 aliphatic rings. The molecule has 1 aliphatic heterocycles. The predicted molar refractivity (Wildman–Crippen MR) is 86.2 cm³/mol. The maximum Gasteiger partial charge on any atom is 0.275 e. The fourth-order valence-electron chi connectivity index (χ4n) is 2.42. The highest BCUT2D eigenvalue weighted by atomic mass is 16.1. The van der Waals surface area contributed by atoms with E-state index in [1.54, 1.807) is 12.3 Å². The molecule has 0 saturated carbocycles. The van der Waals surface area contributed by atoms with Crippen molar-refractivity contribution in [2.45, 2.75) is 6.92 Å². The van der Waals surface area contributed by atoms with Crippen LogP contribution in [0.5, 0.6) is 0 Å². The number of carbonyl (C=O) groups excluding carboxylic acids is 1. The number of rotatable bonds is 3. The van der Waals surface area contributed by atoms with Gasteiger partial charge in [0.25, 0.3) is 5.91 Å². The number of pyridine rings is 2. The zero-order valence-corrected chi connectivity index (χ0v) is 12.5. The number of nitrogens with zero attached hydrogens (tertiary/aromatic N) is 3. The first-order chi connectivity index (χ1) is 10.7. The molecule has 0 atom stereocenters. The van der Waals surface area contributed by atoms with Crippen molar-refractivity contribution in [2.24, 2.45) is 0 Å². The molecule has 0 aromatic carbocycles. The zero-order chi connectivity index (χ0) is 15.4. The summed E-state index contributed by atoms with van der Waals surface area (Å²) in [5.74, 6) is 0.290. The number of aromatic nitrogens is 2. The lowest BCUT2D eigenvalue weighted by atomic mass is 10.3. The molecule has 1 saturated heterocycles. The minimum atomic E-state index is -0.244. The van der Waals surface area contributed by atoms with Crippen LogP contribution >= 0.6 is 0 Å². The third-order valence-electron chi connectivity index (χ3n) is 3.59. The van der Waals surface area contributed by atoms with Gasteiger partial charge in [-0.2, -0.15) is 0 Å². The van der Waals surface area contributed by atoms with Gasteiger partial charge in [-0.1, -0.05) is 6.07 Å². The van der Waals surface area contributed by atoms with Crippen LogP contribution < -0.4 is 15.5 Å². The van der Waals surface area contributed by atoms with Crippen LogP contribution in [0, 0.1) is 6.92 Å². The molecule has 3 rings (SSSR count). The van der Waals surface area contributed by atoms with Gasteiger partial charge in [0, 0.05) is 31.9 Å². The summed E-state index contributed by atoms with van der Waals surface area (Å²) in [5, 5.41) is 6.09. The highest BCUT2D eigenvalue weighted by Crippen LogP contribution is 2.16. The number of anilines is 2. The quantitative estimate of drug-likeness (QED) is 0.897. The molecular formula is C16H19N5O. The molecular weight excluding hydrogens is 278 g/mol. The van der Waals surface area contributed by atoms with Crippen molar-refractivity contribution in [3.05, 3.63) is 47.9 Å². The second-order valence-corrected chi connectivity index (χ2v) is 5.26. The van der Waals surface area contributed by atoms with Crippen molar-refractivity contribution in [1.82, 2.24) is 15.3 Å². The summed E-state index contributed by atoms with van der Waals surface area (Å²) in [6.45, 7) is 5.77. The van der Waals surface area contributed by atoms with Crippen LogP contribution in [0.15, 0.2) is 36.5 Å². The van der Waals surface area contributed by atoms with Crippen LogP contribution in [-0.2, 0) is 0 Å². The Bertz CT molecular complexity index is 650. The lowest BCUT2D eigenvalue weighted by Gasteiger charge is -2.29. The van der Waals surface area contributed by atoms with Crippen molar-refractivity contribution in [1.29, 1.82) is 0 Å². The van der Waals surface area contributed by atoms with Gasteiger partial charge in [0.05, 0.1) is 11.9 Å². The molecule has 22 heavy (non-hydrogen) atoms. The van der Waals surface area contributed by atoms with Crippen LogP contribution in [0.2, 0.25) is 0 Å². The number of hydrogen-bond donors (Lipinski definition) is 2. The van der Waals surface area contributed by atoms with Gasteiger partial charge < -0.3 is 15.5 Å². The van der Waals surface area contributed by atoms with Crippen molar-refractivity contribution < 1.29 is 4.79 Å². The number of carbonyl (C=O) groups is 1. The van der Waals surface area contributed by atoms with Gasteiger partial charge >= 0.3 is 0 Å². The van der Waals surface area contributed by atoms with Crippen LogP contribution in [0.3, 0.4) is 0 Å². The Morgan fingerprint density at radius 3 is 2.73 bits per heavy atom. The number of aryl methyl sites for hydroxylation is 1. The summed E-state index contributed by atoms with van der Waals surface area (Å²) in [7, 11) is 0. The first-order valence-electron chi connectivity index (χ1n) is 7.39. The fourth-order valence-corrected chi connectivity index (χ4v) is 2.42. The smallest absolute Gasteiger partial charge is 0.275 e. The summed E-state index contributed by atoms with van der Waals surface area (Å²) in [6, 6.07) is 9.18. The number of piperazine rings is 1. The number of hydrogen-bond acceptors (Lipinski definition) is 5. The second-order valence-electron chi connectivity index (χ2n) is 5.26.